The van der Waals surface area contributed by atoms with E-state index in [0.29, 0.717) is 23.7 Å². The molecule has 3 rings (SSSR count). The van der Waals surface area contributed by atoms with E-state index in [0.717, 1.165) is 18.8 Å². The molecule has 1 aliphatic heterocycles. The molecule has 126 valence electrons. The van der Waals surface area contributed by atoms with Crippen molar-refractivity contribution in [2.45, 2.75) is 26.2 Å². The first-order chi connectivity index (χ1) is 11.8. The number of nitrogens with zero attached hydrogens (tertiary/aromatic N) is 2. The number of carbonyl (C=O) groups is 1. The van der Waals surface area contributed by atoms with Crippen molar-refractivity contribution in [1.29, 1.82) is 0 Å². The lowest BCUT2D eigenvalue weighted by Gasteiger charge is -2.28. The van der Waals surface area contributed by atoms with Crippen molar-refractivity contribution in [2.75, 3.05) is 29.9 Å². The van der Waals surface area contributed by atoms with Crippen molar-refractivity contribution < 1.29 is 9.53 Å². The topological polar surface area (TPSA) is 54.5 Å². The molecule has 5 heteroatoms. The largest absolute Gasteiger partial charge is 0.492 e. The molecule has 1 aromatic carbocycles. The Bertz CT molecular complexity index is 697. The molecule has 1 aromatic heterocycles. The van der Waals surface area contributed by atoms with E-state index in [1.54, 1.807) is 6.20 Å². The van der Waals surface area contributed by atoms with Crippen LogP contribution in [0.5, 0.6) is 5.75 Å². The molecular weight excluding hydrogens is 302 g/mol. The van der Waals surface area contributed by atoms with Crippen LogP contribution in [-0.4, -0.2) is 30.6 Å². The summed E-state index contributed by atoms with van der Waals surface area (Å²) in [7, 11) is 0. The van der Waals surface area contributed by atoms with Crippen LogP contribution >= 0.6 is 0 Å². The summed E-state index contributed by atoms with van der Waals surface area (Å²) in [5.74, 6) is 0.446. The Hall–Kier alpha value is -2.56. The summed E-state index contributed by atoms with van der Waals surface area (Å²) in [4.78, 5) is 19.1. The first-order valence-electron chi connectivity index (χ1n) is 8.52. The van der Waals surface area contributed by atoms with E-state index in [-0.39, 0.29) is 5.91 Å². The van der Waals surface area contributed by atoms with E-state index in [2.05, 4.69) is 15.2 Å². The van der Waals surface area contributed by atoms with E-state index in [1.807, 2.05) is 43.3 Å². The van der Waals surface area contributed by atoms with Crippen LogP contribution < -0.4 is 15.0 Å². The molecule has 2 heterocycles. The summed E-state index contributed by atoms with van der Waals surface area (Å²) in [6.45, 7) is 4.55. The monoisotopic (exact) mass is 325 g/mol. The second-order valence-electron chi connectivity index (χ2n) is 5.83. The normalized spacial score (nSPS) is 14.3. The second kappa shape index (κ2) is 7.81. The van der Waals surface area contributed by atoms with E-state index in [4.69, 9.17) is 4.74 Å². The molecule has 0 bridgehead atoms. The van der Waals surface area contributed by atoms with Gasteiger partial charge in [-0.1, -0.05) is 12.1 Å². The predicted octanol–water partition coefficient (Wildman–Crippen LogP) is 3.72. The van der Waals surface area contributed by atoms with Gasteiger partial charge in [-0.05, 0) is 50.5 Å². The molecule has 0 atom stereocenters. The highest BCUT2D eigenvalue weighted by Gasteiger charge is 2.15. The molecule has 24 heavy (non-hydrogen) atoms. The van der Waals surface area contributed by atoms with Crippen LogP contribution in [0.25, 0.3) is 0 Å². The molecule has 0 unspecified atom stereocenters. The maximum absolute atomic E-state index is 12.6. The van der Waals surface area contributed by atoms with Gasteiger partial charge in [0.05, 0.1) is 12.3 Å². The fourth-order valence-electron chi connectivity index (χ4n) is 2.93. The third kappa shape index (κ3) is 3.85. The third-order valence-corrected chi connectivity index (χ3v) is 4.13. The fraction of sp³-hybridized carbons (Fsp3) is 0.368. The first-order valence-corrected chi connectivity index (χ1v) is 8.52. The Kier molecular flexibility index (Phi) is 5.31. The average Bonchev–Trinajstić information content (AvgIpc) is 2.64. The van der Waals surface area contributed by atoms with Gasteiger partial charge in [-0.25, -0.2) is 0 Å². The van der Waals surface area contributed by atoms with E-state index >= 15 is 0 Å². The van der Waals surface area contributed by atoms with Gasteiger partial charge in [0.1, 0.15) is 11.4 Å². The Labute approximate surface area is 142 Å². The van der Waals surface area contributed by atoms with Crippen molar-refractivity contribution in [3.63, 3.8) is 0 Å². The summed E-state index contributed by atoms with van der Waals surface area (Å²) in [6.07, 6.45) is 5.38. The van der Waals surface area contributed by atoms with Crippen molar-refractivity contribution in [2.24, 2.45) is 0 Å². The van der Waals surface area contributed by atoms with E-state index < -0.39 is 0 Å². The summed E-state index contributed by atoms with van der Waals surface area (Å²) < 4.78 is 5.55. The zero-order chi connectivity index (χ0) is 16.8. The minimum absolute atomic E-state index is 0.221. The Morgan fingerprint density at radius 1 is 1.21 bits per heavy atom. The number of para-hydroxylation sites is 2. The minimum atomic E-state index is -0.221. The zero-order valence-electron chi connectivity index (χ0n) is 14.0. The fourth-order valence-corrected chi connectivity index (χ4v) is 2.93. The molecule has 5 nitrogen and oxygen atoms in total. The number of hydrogen-bond donors (Lipinski definition) is 1. The quantitative estimate of drug-likeness (QED) is 0.910. The van der Waals surface area contributed by atoms with Crippen LogP contribution in [0.3, 0.4) is 0 Å². The van der Waals surface area contributed by atoms with Crippen LogP contribution in [-0.2, 0) is 0 Å². The molecule has 0 aliphatic carbocycles. The maximum atomic E-state index is 12.6. The van der Waals surface area contributed by atoms with Crippen molar-refractivity contribution in [3.05, 3.63) is 48.3 Å². The number of benzene rings is 1. The number of aromatic nitrogens is 1. The molecule has 1 fully saturated rings. The Balaban J connectivity index is 1.75. The van der Waals surface area contributed by atoms with Crippen LogP contribution in [0.2, 0.25) is 0 Å². The van der Waals surface area contributed by atoms with Gasteiger partial charge < -0.3 is 15.0 Å². The highest BCUT2D eigenvalue weighted by molar-refractivity contribution is 6.04. The van der Waals surface area contributed by atoms with E-state index in [9.17, 15) is 4.79 Å². The lowest BCUT2D eigenvalue weighted by Crippen LogP contribution is -2.29. The van der Waals surface area contributed by atoms with Gasteiger partial charge >= 0.3 is 0 Å². The standard InChI is InChI=1S/C19H23N3O2/c1-2-24-18-9-5-4-8-16(18)21-19(23)17-14-15(10-11-20-17)22-12-6-3-7-13-22/h4-5,8-11,14H,2-3,6-7,12-13H2,1H3,(H,21,23). The van der Waals surface area contributed by atoms with Gasteiger partial charge in [-0.15, -0.1) is 0 Å². The number of piperidine rings is 1. The van der Waals surface area contributed by atoms with Gasteiger partial charge in [0.2, 0.25) is 0 Å². The van der Waals surface area contributed by atoms with Crippen LogP contribution in [0.1, 0.15) is 36.7 Å². The summed E-state index contributed by atoms with van der Waals surface area (Å²) >= 11 is 0. The number of pyridine rings is 1. The number of anilines is 2. The van der Waals surface area contributed by atoms with Gasteiger partial charge in [0, 0.05) is 25.0 Å². The van der Waals surface area contributed by atoms with Crippen LogP contribution in [0, 0.1) is 0 Å². The van der Waals surface area contributed by atoms with Gasteiger partial charge in [0.25, 0.3) is 5.91 Å². The van der Waals surface area contributed by atoms with Gasteiger partial charge in [0.15, 0.2) is 0 Å². The predicted molar refractivity (Wildman–Crippen MR) is 95.9 cm³/mol. The molecule has 2 aromatic rings. The molecule has 0 radical (unpaired) electrons. The molecule has 1 saturated heterocycles. The van der Waals surface area contributed by atoms with Crippen molar-refractivity contribution in [1.82, 2.24) is 4.98 Å². The number of nitrogens with one attached hydrogen (secondary N) is 1. The lowest BCUT2D eigenvalue weighted by molar-refractivity contribution is 0.102. The van der Waals surface area contributed by atoms with Gasteiger partial charge in [-0.3, -0.25) is 9.78 Å². The van der Waals surface area contributed by atoms with Crippen molar-refractivity contribution in [3.8, 4) is 5.75 Å². The Morgan fingerprint density at radius 2 is 2.00 bits per heavy atom. The smallest absolute Gasteiger partial charge is 0.274 e. The van der Waals surface area contributed by atoms with Gasteiger partial charge in [-0.2, -0.15) is 0 Å². The molecule has 0 saturated carbocycles. The average molecular weight is 325 g/mol. The molecular formula is C19H23N3O2. The molecule has 0 spiro atoms. The van der Waals surface area contributed by atoms with Crippen molar-refractivity contribution >= 4 is 17.3 Å². The number of hydrogen-bond acceptors (Lipinski definition) is 4. The molecule has 1 aliphatic rings. The zero-order valence-corrected chi connectivity index (χ0v) is 14.0. The number of rotatable bonds is 5. The number of ether oxygens (including phenoxy) is 1. The highest BCUT2D eigenvalue weighted by atomic mass is 16.5. The highest BCUT2D eigenvalue weighted by Crippen LogP contribution is 2.25. The van der Waals surface area contributed by atoms with Crippen LogP contribution in [0.15, 0.2) is 42.6 Å². The SMILES string of the molecule is CCOc1ccccc1NC(=O)c1cc(N2CCCCC2)ccn1. The third-order valence-electron chi connectivity index (χ3n) is 4.13. The number of carbonyl (C=O) groups excluding carboxylic acids is 1. The molecule has 1 amide bonds. The molecule has 1 N–H and O–H groups in total. The summed E-state index contributed by atoms with van der Waals surface area (Å²) in [5, 5.41) is 2.90. The minimum Gasteiger partial charge on any atom is -0.492 e. The van der Waals surface area contributed by atoms with E-state index in [1.165, 1.54) is 19.3 Å². The lowest BCUT2D eigenvalue weighted by atomic mass is 10.1. The first kappa shape index (κ1) is 16.3. The Morgan fingerprint density at radius 3 is 2.79 bits per heavy atom. The maximum Gasteiger partial charge on any atom is 0.274 e. The second-order valence-corrected chi connectivity index (χ2v) is 5.83. The van der Waals surface area contributed by atoms with Crippen LogP contribution in [0.4, 0.5) is 11.4 Å². The summed E-state index contributed by atoms with van der Waals surface area (Å²) in [6, 6.07) is 11.3. The number of amides is 1. The summed E-state index contributed by atoms with van der Waals surface area (Å²) in [5.41, 5.74) is 2.15.